The molecule has 0 aliphatic carbocycles. The molecule has 0 aromatic carbocycles. The number of carboxylic acids is 1. The molecule has 1 unspecified atom stereocenters. The molecule has 72 valence electrons. The molecule has 0 saturated heterocycles. The van der Waals surface area contributed by atoms with Gasteiger partial charge in [0.1, 0.15) is 0 Å². The fourth-order valence-corrected chi connectivity index (χ4v) is 1.52. The largest absolute Gasteiger partial charge is 0.481 e. The standard InChI is InChI=1S/C8H17NO2S/c1-12-6-2-3-7(4-5-9)8(10)11/h7H,2-6,9H2,1H3,(H,10,11). The summed E-state index contributed by atoms with van der Waals surface area (Å²) in [6.07, 6.45) is 4.36. The van der Waals surface area contributed by atoms with E-state index in [0.717, 1.165) is 18.6 Å². The molecule has 0 aromatic rings. The van der Waals surface area contributed by atoms with E-state index in [-0.39, 0.29) is 5.92 Å². The SMILES string of the molecule is CSCCCC(CCN)C(=O)O. The summed E-state index contributed by atoms with van der Waals surface area (Å²) in [5, 5.41) is 8.74. The molecule has 0 bridgehead atoms. The van der Waals surface area contributed by atoms with Crippen molar-refractivity contribution in [2.45, 2.75) is 19.3 Å². The van der Waals surface area contributed by atoms with Gasteiger partial charge in [0, 0.05) is 0 Å². The molecular formula is C8H17NO2S. The van der Waals surface area contributed by atoms with Crippen molar-refractivity contribution in [1.29, 1.82) is 0 Å². The Labute approximate surface area is 77.7 Å². The highest BCUT2D eigenvalue weighted by Gasteiger charge is 2.15. The lowest BCUT2D eigenvalue weighted by Crippen LogP contribution is -2.18. The van der Waals surface area contributed by atoms with Crippen LogP contribution in [0, 0.1) is 5.92 Å². The van der Waals surface area contributed by atoms with Gasteiger partial charge in [-0.15, -0.1) is 0 Å². The zero-order valence-corrected chi connectivity index (χ0v) is 8.27. The Hall–Kier alpha value is -0.220. The molecule has 3 nitrogen and oxygen atoms in total. The van der Waals surface area contributed by atoms with Gasteiger partial charge in [-0.25, -0.2) is 0 Å². The summed E-state index contributed by atoms with van der Waals surface area (Å²) >= 11 is 1.75. The van der Waals surface area contributed by atoms with Crippen molar-refractivity contribution in [2.75, 3.05) is 18.6 Å². The third-order valence-electron chi connectivity index (χ3n) is 1.77. The molecule has 0 aliphatic heterocycles. The number of hydrogen-bond donors (Lipinski definition) is 2. The predicted molar refractivity (Wildman–Crippen MR) is 52.4 cm³/mol. The minimum absolute atomic E-state index is 0.234. The van der Waals surface area contributed by atoms with E-state index >= 15 is 0 Å². The van der Waals surface area contributed by atoms with Gasteiger partial charge in [-0.2, -0.15) is 11.8 Å². The van der Waals surface area contributed by atoms with Crippen molar-refractivity contribution < 1.29 is 9.90 Å². The highest BCUT2D eigenvalue weighted by Crippen LogP contribution is 2.12. The van der Waals surface area contributed by atoms with Gasteiger partial charge in [0.25, 0.3) is 0 Å². The second-order valence-corrected chi connectivity index (χ2v) is 3.73. The van der Waals surface area contributed by atoms with Crippen molar-refractivity contribution in [3.63, 3.8) is 0 Å². The minimum Gasteiger partial charge on any atom is -0.481 e. The molecule has 0 rings (SSSR count). The fourth-order valence-electron chi connectivity index (χ4n) is 1.07. The normalized spacial score (nSPS) is 12.8. The summed E-state index contributed by atoms with van der Waals surface area (Å²) in [5.41, 5.74) is 5.30. The summed E-state index contributed by atoms with van der Waals surface area (Å²) < 4.78 is 0. The third-order valence-corrected chi connectivity index (χ3v) is 2.46. The van der Waals surface area contributed by atoms with Gasteiger partial charge in [0.15, 0.2) is 0 Å². The van der Waals surface area contributed by atoms with Gasteiger partial charge in [-0.3, -0.25) is 4.79 Å². The maximum Gasteiger partial charge on any atom is 0.306 e. The molecular weight excluding hydrogens is 174 g/mol. The third kappa shape index (κ3) is 5.43. The van der Waals surface area contributed by atoms with Crippen LogP contribution in [-0.2, 0) is 4.79 Å². The lowest BCUT2D eigenvalue weighted by molar-refractivity contribution is -0.142. The Morgan fingerprint density at radius 1 is 1.58 bits per heavy atom. The van der Waals surface area contributed by atoms with Gasteiger partial charge in [0.2, 0.25) is 0 Å². The van der Waals surface area contributed by atoms with E-state index in [4.69, 9.17) is 10.8 Å². The Balaban J connectivity index is 3.56. The molecule has 12 heavy (non-hydrogen) atoms. The molecule has 4 heteroatoms. The predicted octanol–water partition coefficient (Wildman–Crippen LogP) is 1.18. The monoisotopic (exact) mass is 191 g/mol. The fraction of sp³-hybridized carbons (Fsp3) is 0.875. The Bertz CT molecular complexity index is 130. The lowest BCUT2D eigenvalue weighted by Gasteiger charge is -2.09. The van der Waals surface area contributed by atoms with Crippen LogP contribution in [0.15, 0.2) is 0 Å². The van der Waals surface area contributed by atoms with Crippen molar-refractivity contribution in [1.82, 2.24) is 0 Å². The van der Waals surface area contributed by atoms with Crippen molar-refractivity contribution in [3.05, 3.63) is 0 Å². The van der Waals surface area contributed by atoms with Crippen LogP contribution < -0.4 is 5.73 Å². The molecule has 0 saturated carbocycles. The van der Waals surface area contributed by atoms with Crippen LogP contribution in [0.4, 0.5) is 0 Å². The number of rotatable bonds is 7. The molecule has 1 atom stereocenters. The Kier molecular flexibility index (Phi) is 7.29. The first-order valence-corrected chi connectivity index (χ1v) is 5.53. The molecule has 0 radical (unpaired) electrons. The molecule has 0 fully saturated rings. The van der Waals surface area contributed by atoms with Crippen LogP contribution in [0.3, 0.4) is 0 Å². The average molecular weight is 191 g/mol. The lowest BCUT2D eigenvalue weighted by atomic mass is 10.0. The quantitative estimate of drug-likeness (QED) is 0.593. The van der Waals surface area contributed by atoms with Gasteiger partial charge >= 0.3 is 5.97 Å². The van der Waals surface area contributed by atoms with Crippen LogP contribution in [0.1, 0.15) is 19.3 Å². The Morgan fingerprint density at radius 3 is 2.67 bits per heavy atom. The Morgan fingerprint density at radius 2 is 2.25 bits per heavy atom. The first-order valence-electron chi connectivity index (χ1n) is 4.14. The highest BCUT2D eigenvalue weighted by atomic mass is 32.2. The zero-order chi connectivity index (χ0) is 9.40. The van der Waals surface area contributed by atoms with Crippen LogP contribution >= 0.6 is 11.8 Å². The number of thioether (sulfide) groups is 1. The topological polar surface area (TPSA) is 63.3 Å². The summed E-state index contributed by atoms with van der Waals surface area (Å²) in [7, 11) is 0. The van der Waals surface area contributed by atoms with E-state index in [1.165, 1.54) is 0 Å². The van der Waals surface area contributed by atoms with E-state index in [9.17, 15) is 4.79 Å². The van der Waals surface area contributed by atoms with Crippen LogP contribution in [0.25, 0.3) is 0 Å². The van der Waals surface area contributed by atoms with Crippen LogP contribution in [0.5, 0.6) is 0 Å². The van der Waals surface area contributed by atoms with E-state index < -0.39 is 5.97 Å². The first-order chi connectivity index (χ1) is 5.72. The number of nitrogens with two attached hydrogens (primary N) is 1. The first kappa shape index (κ1) is 11.8. The minimum atomic E-state index is -0.707. The highest BCUT2D eigenvalue weighted by molar-refractivity contribution is 7.98. The maximum absolute atomic E-state index is 10.6. The second kappa shape index (κ2) is 7.43. The van der Waals surface area contributed by atoms with Gasteiger partial charge in [-0.1, -0.05) is 0 Å². The molecule has 0 spiro atoms. The van der Waals surface area contributed by atoms with Crippen molar-refractivity contribution >= 4 is 17.7 Å². The van der Waals surface area contributed by atoms with Crippen LogP contribution in [-0.4, -0.2) is 29.6 Å². The van der Waals surface area contributed by atoms with Crippen molar-refractivity contribution in [2.24, 2.45) is 11.7 Å². The smallest absolute Gasteiger partial charge is 0.306 e. The summed E-state index contributed by atoms with van der Waals surface area (Å²) in [6.45, 7) is 0.468. The van der Waals surface area contributed by atoms with E-state index in [0.29, 0.717) is 13.0 Å². The molecule has 0 aromatic heterocycles. The van der Waals surface area contributed by atoms with Gasteiger partial charge in [0.05, 0.1) is 5.92 Å². The summed E-state index contributed by atoms with van der Waals surface area (Å²) in [4.78, 5) is 10.6. The second-order valence-electron chi connectivity index (χ2n) is 2.75. The number of hydrogen-bond acceptors (Lipinski definition) is 3. The van der Waals surface area contributed by atoms with Crippen LogP contribution in [0.2, 0.25) is 0 Å². The van der Waals surface area contributed by atoms with E-state index in [1.54, 1.807) is 11.8 Å². The summed E-state index contributed by atoms with van der Waals surface area (Å²) in [6, 6.07) is 0. The average Bonchev–Trinajstić information content (AvgIpc) is 2.03. The number of carboxylic acid groups (broad SMARTS) is 1. The van der Waals surface area contributed by atoms with E-state index in [1.807, 2.05) is 6.26 Å². The molecule has 0 heterocycles. The summed E-state index contributed by atoms with van der Waals surface area (Å²) in [5.74, 6) is 0.0950. The molecule has 3 N–H and O–H groups in total. The van der Waals surface area contributed by atoms with Gasteiger partial charge in [-0.05, 0) is 37.8 Å². The number of carbonyl (C=O) groups is 1. The zero-order valence-electron chi connectivity index (χ0n) is 7.45. The molecule has 0 amide bonds. The van der Waals surface area contributed by atoms with E-state index in [2.05, 4.69) is 0 Å². The number of aliphatic carboxylic acids is 1. The maximum atomic E-state index is 10.6. The van der Waals surface area contributed by atoms with Gasteiger partial charge < -0.3 is 10.8 Å². The van der Waals surface area contributed by atoms with Crippen molar-refractivity contribution in [3.8, 4) is 0 Å². The molecule has 0 aliphatic rings.